The number of carbonyl (C=O) groups is 9. The Kier molecular flexibility index (Phi) is 10.2. The van der Waals surface area contributed by atoms with Crippen LogP contribution in [0.25, 0.3) is 0 Å². The topological polar surface area (TPSA) is 179 Å². The third-order valence-corrected chi connectivity index (χ3v) is 11.3. The van der Waals surface area contributed by atoms with Gasteiger partial charge in [0.1, 0.15) is 25.0 Å². The highest BCUT2D eigenvalue weighted by atomic mass is 16.6. The van der Waals surface area contributed by atoms with Crippen LogP contribution in [0.15, 0.2) is 97.1 Å². The van der Waals surface area contributed by atoms with E-state index < -0.39 is 76.6 Å². The standard InChI is InChI=1S/C45H36N2O11/c48-37(27-15-17-29-31(21-27)40(51)35(38(29)49)42(53)33-13-7-19-46(33)44(55)57-23-25-9-3-1-4-10-25)28-16-18-30-32(22-28)41(52)36(39(30)50)43(54)34-14-8-20-47(34)45(56)58-24-26-11-5-2-6-12-26/h1-6,9-12,15-18,21-22,33-36H,7-8,13-14,19-20,23-24H2/t33-,34-,35?,36?/m0/s1. The molecule has 8 rings (SSSR count). The molecule has 0 radical (unpaired) electrons. The molecule has 0 saturated carbocycles. The molecule has 13 heteroatoms. The van der Waals surface area contributed by atoms with E-state index in [1.54, 1.807) is 48.5 Å². The van der Waals surface area contributed by atoms with Crippen LogP contribution in [-0.2, 0) is 32.3 Å². The number of amides is 2. The lowest BCUT2D eigenvalue weighted by Gasteiger charge is -2.24. The summed E-state index contributed by atoms with van der Waals surface area (Å²) >= 11 is 0. The summed E-state index contributed by atoms with van der Waals surface area (Å²) in [4.78, 5) is 124. The Hall–Kier alpha value is -6.89. The number of ketones is 7. The molecular weight excluding hydrogens is 744 g/mol. The van der Waals surface area contributed by atoms with Gasteiger partial charge in [-0.25, -0.2) is 9.59 Å². The first-order valence-electron chi connectivity index (χ1n) is 19.0. The molecule has 2 fully saturated rings. The normalized spacial score (nSPS) is 20.9. The minimum atomic E-state index is -1.69. The van der Waals surface area contributed by atoms with Gasteiger partial charge in [0, 0.05) is 46.5 Å². The molecule has 4 aromatic carbocycles. The van der Waals surface area contributed by atoms with Crippen LogP contribution < -0.4 is 0 Å². The molecule has 4 aromatic rings. The Morgan fingerprint density at radius 3 is 1.28 bits per heavy atom. The second-order valence-electron chi connectivity index (χ2n) is 14.8. The van der Waals surface area contributed by atoms with Crippen molar-refractivity contribution in [3.8, 4) is 0 Å². The van der Waals surface area contributed by atoms with Crippen molar-refractivity contribution in [1.82, 2.24) is 9.80 Å². The fourth-order valence-electron chi connectivity index (χ4n) is 8.30. The van der Waals surface area contributed by atoms with Crippen LogP contribution in [0.3, 0.4) is 0 Å². The largest absolute Gasteiger partial charge is 0.445 e. The smallest absolute Gasteiger partial charge is 0.410 e. The van der Waals surface area contributed by atoms with E-state index in [-0.39, 0.29) is 72.5 Å². The van der Waals surface area contributed by atoms with Crippen LogP contribution >= 0.6 is 0 Å². The van der Waals surface area contributed by atoms with Gasteiger partial charge in [0.05, 0.1) is 12.1 Å². The fourth-order valence-corrected chi connectivity index (χ4v) is 8.30. The number of nitrogens with zero attached hydrogens (tertiary/aromatic N) is 2. The molecule has 2 aliphatic heterocycles. The Morgan fingerprint density at radius 2 is 0.879 bits per heavy atom. The maximum atomic E-state index is 13.8. The maximum absolute atomic E-state index is 13.8. The first-order chi connectivity index (χ1) is 28.0. The second kappa shape index (κ2) is 15.6. The maximum Gasteiger partial charge on any atom is 0.410 e. The van der Waals surface area contributed by atoms with E-state index in [4.69, 9.17) is 9.47 Å². The summed E-state index contributed by atoms with van der Waals surface area (Å²) in [5.41, 5.74) is 1.18. The molecule has 2 unspecified atom stereocenters. The first-order valence-corrected chi connectivity index (χ1v) is 19.0. The van der Waals surface area contributed by atoms with E-state index in [0.717, 1.165) is 11.1 Å². The third-order valence-electron chi connectivity index (χ3n) is 11.3. The highest BCUT2D eigenvalue weighted by Gasteiger charge is 2.50. The average Bonchev–Trinajstić information content (AvgIpc) is 4.04. The summed E-state index contributed by atoms with van der Waals surface area (Å²) in [5.74, 6) is -8.47. The van der Waals surface area contributed by atoms with Crippen molar-refractivity contribution < 1.29 is 52.6 Å². The van der Waals surface area contributed by atoms with Gasteiger partial charge >= 0.3 is 12.2 Å². The number of fused-ring (bicyclic) bond motifs is 2. The van der Waals surface area contributed by atoms with E-state index >= 15 is 0 Å². The molecule has 2 saturated heterocycles. The number of carbonyl (C=O) groups excluding carboxylic acids is 9. The molecular formula is C45H36N2O11. The summed E-state index contributed by atoms with van der Waals surface area (Å²) in [5, 5.41) is 0. The highest BCUT2D eigenvalue weighted by Crippen LogP contribution is 2.35. The van der Waals surface area contributed by atoms with Crippen LogP contribution in [0, 0.1) is 11.8 Å². The molecule has 0 spiro atoms. The van der Waals surface area contributed by atoms with Gasteiger partial charge in [0.15, 0.2) is 40.5 Å². The monoisotopic (exact) mass is 780 g/mol. The number of Topliss-reactive ketones (excluding diaryl/α,β-unsaturated/α-hetero) is 6. The zero-order valence-corrected chi connectivity index (χ0v) is 31.1. The lowest BCUT2D eigenvalue weighted by atomic mass is 9.92. The van der Waals surface area contributed by atoms with E-state index in [9.17, 15) is 43.2 Å². The van der Waals surface area contributed by atoms with Gasteiger partial charge < -0.3 is 9.47 Å². The summed E-state index contributed by atoms with van der Waals surface area (Å²) in [6.45, 7) is 0.414. The van der Waals surface area contributed by atoms with Crippen molar-refractivity contribution in [2.75, 3.05) is 13.1 Å². The Labute approximate surface area is 331 Å². The minimum Gasteiger partial charge on any atom is -0.445 e. The van der Waals surface area contributed by atoms with Crippen LogP contribution in [0.2, 0.25) is 0 Å². The number of likely N-dealkylation sites (tertiary alicyclic amines) is 2. The molecule has 2 heterocycles. The SMILES string of the molecule is O=C(c1ccc2c(c1)C(=O)C(C(=O)[C@@H]1CCCN1C(=O)OCc1ccccc1)C2=O)c1ccc2c(c1)C(=O)C(C(=O)[C@@H]1CCCN1C(=O)OCc1ccccc1)C2=O. The predicted octanol–water partition coefficient (Wildman–Crippen LogP) is 5.65. The van der Waals surface area contributed by atoms with Crippen LogP contribution in [0.4, 0.5) is 9.59 Å². The van der Waals surface area contributed by atoms with Crippen molar-refractivity contribution in [1.29, 1.82) is 0 Å². The number of hydrogen-bond acceptors (Lipinski definition) is 11. The summed E-state index contributed by atoms with van der Waals surface area (Å²) in [6, 6.07) is 23.6. The van der Waals surface area contributed by atoms with Crippen molar-refractivity contribution >= 4 is 52.7 Å². The summed E-state index contributed by atoms with van der Waals surface area (Å²) in [6.07, 6.45) is 0.000447. The van der Waals surface area contributed by atoms with Crippen molar-refractivity contribution in [3.63, 3.8) is 0 Å². The highest BCUT2D eigenvalue weighted by molar-refractivity contribution is 6.38. The number of ether oxygens (including phenoxy) is 2. The molecule has 0 N–H and O–H groups in total. The van der Waals surface area contributed by atoms with Gasteiger partial charge in [0.25, 0.3) is 0 Å². The van der Waals surface area contributed by atoms with Gasteiger partial charge in [0.2, 0.25) is 0 Å². The molecule has 4 aliphatic rings. The number of rotatable bonds is 10. The number of benzene rings is 4. The van der Waals surface area contributed by atoms with Gasteiger partial charge in [-0.3, -0.25) is 43.4 Å². The molecule has 2 amide bonds. The zero-order valence-electron chi connectivity index (χ0n) is 31.1. The lowest BCUT2D eigenvalue weighted by molar-refractivity contribution is -0.125. The molecule has 292 valence electrons. The fraction of sp³-hybridized carbons (Fsp3) is 0.267. The van der Waals surface area contributed by atoms with E-state index in [1.807, 2.05) is 12.1 Å². The molecule has 2 aliphatic carbocycles. The Morgan fingerprint density at radius 1 is 0.500 bits per heavy atom. The van der Waals surface area contributed by atoms with Gasteiger partial charge in [-0.05, 0) is 61.1 Å². The molecule has 0 bridgehead atoms. The van der Waals surface area contributed by atoms with Gasteiger partial charge in [-0.15, -0.1) is 0 Å². The molecule has 13 nitrogen and oxygen atoms in total. The Balaban J connectivity index is 0.947. The average molecular weight is 781 g/mol. The quantitative estimate of drug-likeness (QED) is 0.144. The van der Waals surface area contributed by atoms with E-state index in [2.05, 4.69) is 0 Å². The summed E-state index contributed by atoms with van der Waals surface area (Å²) in [7, 11) is 0. The van der Waals surface area contributed by atoms with Crippen molar-refractivity contribution in [3.05, 3.63) is 142 Å². The van der Waals surface area contributed by atoms with Crippen LogP contribution in [0.1, 0.15) is 94.2 Å². The van der Waals surface area contributed by atoms with E-state index in [1.165, 1.54) is 46.2 Å². The van der Waals surface area contributed by atoms with Crippen molar-refractivity contribution in [2.24, 2.45) is 11.8 Å². The van der Waals surface area contributed by atoms with Crippen LogP contribution in [0.5, 0.6) is 0 Å². The van der Waals surface area contributed by atoms with Crippen LogP contribution in [-0.4, -0.2) is 87.6 Å². The van der Waals surface area contributed by atoms with Gasteiger partial charge in [-0.2, -0.15) is 0 Å². The second-order valence-corrected chi connectivity index (χ2v) is 14.8. The Bertz CT molecular complexity index is 2260. The minimum absolute atomic E-state index is 0.0128. The van der Waals surface area contributed by atoms with E-state index in [0.29, 0.717) is 12.8 Å². The zero-order chi connectivity index (χ0) is 40.7. The predicted molar refractivity (Wildman–Crippen MR) is 203 cm³/mol. The summed E-state index contributed by atoms with van der Waals surface area (Å²) < 4.78 is 10.8. The third kappa shape index (κ3) is 6.82. The molecule has 0 aromatic heterocycles. The molecule has 58 heavy (non-hydrogen) atoms. The van der Waals surface area contributed by atoms with Gasteiger partial charge in [-0.1, -0.05) is 72.8 Å². The molecule has 4 atom stereocenters. The van der Waals surface area contributed by atoms with Crippen molar-refractivity contribution in [2.45, 2.75) is 51.0 Å². The lowest BCUT2D eigenvalue weighted by Crippen LogP contribution is -2.45. The first kappa shape index (κ1) is 38.0. The number of hydrogen-bond donors (Lipinski definition) is 0.